The summed E-state index contributed by atoms with van der Waals surface area (Å²) in [6.45, 7) is 5.15. The van der Waals surface area contributed by atoms with Crippen LogP contribution >= 0.6 is 23.2 Å². The Bertz CT molecular complexity index is 1610. The van der Waals surface area contributed by atoms with Gasteiger partial charge in [-0.3, -0.25) is 19.1 Å². The molecule has 4 rings (SSSR count). The third kappa shape index (κ3) is 9.61. The molecule has 0 saturated carbocycles. The number of aliphatic carboxylic acids is 1. The molecule has 0 unspecified atom stereocenters. The number of hydrogen-bond donors (Lipinski definition) is 4. The number of likely N-dealkylation sites (tertiary alicyclic amines) is 1. The zero-order chi connectivity index (χ0) is 34.2. The number of ether oxygens (including phenoxy) is 1. The molecule has 2 heterocycles. The Morgan fingerprint density at radius 3 is 2.34 bits per heavy atom. The number of nitrogens with two attached hydrogens (primary N) is 2. The second kappa shape index (κ2) is 16.0. The summed E-state index contributed by atoms with van der Waals surface area (Å²) in [5.74, 6) is -0.780. The van der Waals surface area contributed by atoms with Gasteiger partial charge in [0.2, 0.25) is 11.8 Å². The van der Waals surface area contributed by atoms with Crippen LogP contribution in [0.2, 0.25) is 10.0 Å². The van der Waals surface area contributed by atoms with Gasteiger partial charge in [-0.25, -0.2) is 4.99 Å². The van der Waals surface area contributed by atoms with E-state index in [1.165, 1.54) is 0 Å². The van der Waals surface area contributed by atoms with Crippen molar-refractivity contribution in [2.24, 2.45) is 29.4 Å². The number of carboxylic acids is 1. The number of aromatic nitrogens is 2. The van der Waals surface area contributed by atoms with Crippen molar-refractivity contribution in [1.29, 1.82) is 0 Å². The molecule has 3 aromatic rings. The molecule has 252 valence electrons. The zero-order valence-corrected chi connectivity index (χ0v) is 28.2. The number of carbonyl (C=O) groups excluding carboxylic acids is 2. The Hall–Kier alpha value is -4.29. The largest absolute Gasteiger partial charge is 0.487 e. The van der Waals surface area contributed by atoms with Crippen LogP contribution in [0.25, 0.3) is 11.3 Å². The van der Waals surface area contributed by atoms with Gasteiger partial charge in [0, 0.05) is 37.3 Å². The lowest BCUT2D eigenvalue weighted by molar-refractivity contribution is -0.136. The molecule has 1 aliphatic rings. The van der Waals surface area contributed by atoms with Gasteiger partial charge in [-0.1, -0.05) is 61.3 Å². The number of aliphatic imine (C=N–C) groups is 1. The maximum absolute atomic E-state index is 12.9. The van der Waals surface area contributed by atoms with Crippen LogP contribution in [0.4, 0.5) is 0 Å². The van der Waals surface area contributed by atoms with Crippen molar-refractivity contribution >= 4 is 46.9 Å². The summed E-state index contributed by atoms with van der Waals surface area (Å²) in [5.41, 5.74) is 14.9. The summed E-state index contributed by atoms with van der Waals surface area (Å²) in [4.78, 5) is 42.2. The number of benzene rings is 2. The second-order valence-electron chi connectivity index (χ2n) is 12.1. The molecule has 0 spiro atoms. The van der Waals surface area contributed by atoms with Crippen molar-refractivity contribution in [2.45, 2.75) is 58.1 Å². The Balaban J connectivity index is 1.33. The number of carbonyl (C=O) groups is 3. The molecule has 2 amide bonds. The number of halogens is 2. The lowest BCUT2D eigenvalue weighted by atomic mass is 9.92. The molecule has 0 aliphatic carbocycles. The summed E-state index contributed by atoms with van der Waals surface area (Å²) in [5, 5.41) is 16.9. The Morgan fingerprint density at radius 1 is 1.06 bits per heavy atom. The van der Waals surface area contributed by atoms with Crippen LogP contribution in [0.15, 0.2) is 47.5 Å². The number of amides is 2. The highest BCUT2D eigenvalue weighted by molar-refractivity contribution is 6.44. The van der Waals surface area contributed by atoms with Crippen LogP contribution in [0, 0.1) is 5.92 Å². The molecule has 6 N–H and O–H groups in total. The normalized spacial score (nSPS) is 14.1. The third-order valence-electron chi connectivity index (χ3n) is 7.99. The van der Waals surface area contributed by atoms with E-state index in [1.54, 1.807) is 23.1 Å². The standard InChI is InChI=1S/C33H41Cl2N7O5/c1-19(2)14-25(39-33(36)37)32(46)38-17-28(43)42-12-10-22(11-13-42)26-16-24(40-41(26)3)23-8-9-27(31(35)30(23)34)47-18-21-6-4-20(5-7-21)15-29(44)45/h4-9,16,19,22,25H,10-15,17-18H2,1-3H3,(H,38,46)(H,44,45)(H4,36,37,39)/t25-/m1/s1. The monoisotopic (exact) mass is 685 g/mol. The highest BCUT2D eigenvalue weighted by Gasteiger charge is 2.28. The van der Waals surface area contributed by atoms with Gasteiger partial charge in [-0.15, -0.1) is 0 Å². The van der Waals surface area contributed by atoms with Gasteiger partial charge in [-0.05, 0) is 54.5 Å². The van der Waals surface area contributed by atoms with Crippen LogP contribution in [-0.2, 0) is 34.5 Å². The van der Waals surface area contributed by atoms with Gasteiger partial charge in [0.1, 0.15) is 23.4 Å². The number of carboxylic acid groups (broad SMARTS) is 1. The van der Waals surface area contributed by atoms with Crippen molar-refractivity contribution in [3.63, 3.8) is 0 Å². The average Bonchev–Trinajstić information content (AvgIpc) is 3.41. The first kappa shape index (κ1) is 35.6. The number of nitrogens with one attached hydrogen (secondary N) is 1. The molecule has 0 bridgehead atoms. The van der Waals surface area contributed by atoms with Gasteiger partial charge in [0.15, 0.2) is 5.96 Å². The molecule has 1 aliphatic heterocycles. The maximum atomic E-state index is 12.9. The fourth-order valence-electron chi connectivity index (χ4n) is 5.59. The summed E-state index contributed by atoms with van der Waals surface area (Å²) < 4.78 is 7.74. The fraction of sp³-hybridized carbons (Fsp3) is 0.424. The number of piperidine rings is 1. The minimum atomic E-state index is -0.885. The fourth-order valence-corrected chi connectivity index (χ4v) is 6.06. The Labute approximate surface area is 284 Å². The topological polar surface area (TPSA) is 178 Å². The first-order valence-corrected chi connectivity index (χ1v) is 16.2. The summed E-state index contributed by atoms with van der Waals surface area (Å²) >= 11 is 13.3. The minimum absolute atomic E-state index is 0.0399. The molecule has 47 heavy (non-hydrogen) atoms. The molecule has 1 fully saturated rings. The van der Waals surface area contributed by atoms with E-state index < -0.39 is 12.0 Å². The quantitative estimate of drug-likeness (QED) is 0.153. The third-order valence-corrected chi connectivity index (χ3v) is 8.86. The van der Waals surface area contributed by atoms with E-state index in [-0.39, 0.29) is 54.2 Å². The van der Waals surface area contributed by atoms with Crippen LogP contribution in [0.5, 0.6) is 5.75 Å². The van der Waals surface area contributed by atoms with E-state index in [1.807, 2.05) is 49.8 Å². The summed E-state index contributed by atoms with van der Waals surface area (Å²) in [7, 11) is 1.88. The average molecular weight is 687 g/mol. The highest BCUT2D eigenvalue weighted by Crippen LogP contribution is 2.40. The van der Waals surface area contributed by atoms with Crippen molar-refractivity contribution in [1.82, 2.24) is 20.0 Å². The van der Waals surface area contributed by atoms with Crippen LogP contribution in [0.3, 0.4) is 0 Å². The van der Waals surface area contributed by atoms with Gasteiger partial charge in [-0.2, -0.15) is 5.10 Å². The van der Waals surface area contributed by atoms with Crippen LogP contribution < -0.4 is 21.5 Å². The summed E-state index contributed by atoms with van der Waals surface area (Å²) in [6, 6.07) is 12.0. The number of nitrogens with zero attached hydrogens (tertiary/aromatic N) is 4. The molecular formula is C33H41Cl2N7O5. The first-order chi connectivity index (χ1) is 22.3. The number of guanidine groups is 1. The van der Waals surface area contributed by atoms with Crippen molar-refractivity contribution in [2.75, 3.05) is 19.6 Å². The molecule has 2 aromatic carbocycles. The zero-order valence-electron chi connectivity index (χ0n) is 26.7. The number of hydrogen-bond acceptors (Lipinski definition) is 6. The molecular weight excluding hydrogens is 645 g/mol. The van der Waals surface area contributed by atoms with Crippen LogP contribution in [0.1, 0.15) is 55.8 Å². The van der Waals surface area contributed by atoms with Crippen molar-refractivity contribution < 1.29 is 24.2 Å². The van der Waals surface area contributed by atoms with E-state index >= 15 is 0 Å². The predicted octanol–water partition coefficient (Wildman–Crippen LogP) is 4.11. The van der Waals surface area contributed by atoms with E-state index in [0.29, 0.717) is 47.1 Å². The summed E-state index contributed by atoms with van der Waals surface area (Å²) in [6.07, 6.45) is 1.91. The van der Waals surface area contributed by atoms with Gasteiger partial charge >= 0.3 is 5.97 Å². The number of rotatable bonds is 13. The lowest BCUT2D eigenvalue weighted by Crippen LogP contribution is -2.46. The molecule has 14 heteroatoms. The molecule has 0 radical (unpaired) electrons. The molecule has 1 saturated heterocycles. The van der Waals surface area contributed by atoms with Gasteiger partial charge < -0.3 is 31.5 Å². The smallest absolute Gasteiger partial charge is 0.307 e. The number of aryl methyl sites for hydroxylation is 1. The maximum Gasteiger partial charge on any atom is 0.307 e. The van der Waals surface area contributed by atoms with E-state index in [4.69, 9.17) is 49.6 Å². The first-order valence-electron chi connectivity index (χ1n) is 15.4. The van der Waals surface area contributed by atoms with Crippen LogP contribution in [-0.4, -0.2) is 69.2 Å². The Morgan fingerprint density at radius 2 is 1.72 bits per heavy atom. The molecule has 12 nitrogen and oxygen atoms in total. The molecule has 1 atom stereocenters. The van der Waals surface area contributed by atoms with Crippen molar-refractivity contribution in [3.8, 4) is 17.0 Å². The van der Waals surface area contributed by atoms with Gasteiger partial charge in [0.25, 0.3) is 0 Å². The van der Waals surface area contributed by atoms with E-state index in [0.717, 1.165) is 24.1 Å². The minimum Gasteiger partial charge on any atom is -0.487 e. The Kier molecular flexibility index (Phi) is 12.1. The highest BCUT2D eigenvalue weighted by atomic mass is 35.5. The predicted molar refractivity (Wildman–Crippen MR) is 181 cm³/mol. The van der Waals surface area contributed by atoms with E-state index in [9.17, 15) is 14.4 Å². The van der Waals surface area contributed by atoms with Gasteiger partial charge in [0.05, 0.1) is 23.7 Å². The molecule has 1 aromatic heterocycles. The lowest BCUT2D eigenvalue weighted by Gasteiger charge is -2.32. The second-order valence-corrected chi connectivity index (χ2v) is 12.8. The SMILES string of the molecule is CC(C)C[C@@H](N=C(N)N)C(=O)NCC(=O)N1CCC(c2cc(-c3ccc(OCc4ccc(CC(=O)O)cc4)c(Cl)c3Cl)nn2C)CC1. The van der Waals surface area contributed by atoms with E-state index in [2.05, 4.69) is 10.3 Å². The van der Waals surface area contributed by atoms with Crippen molar-refractivity contribution in [3.05, 3.63) is 69.3 Å².